The van der Waals surface area contributed by atoms with Crippen LogP contribution in [0.1, 0.15) is 48.4 Å². The van der Waals surface area contributed by atoms with Crippen molar-refractivity contribution < 1.29 is 17.9 Å². The quantitative estimate of drug-likeness (QED) is 0.158. The van der Waals surface area contributed by atoms with Gasteiger partial charge in [0.2, 0.25) is 0 Å². The summed E-state index contributed by atoms with van der Waals surface area (Å²) in [6.45, 7) is 4.28. The molecule has 4 rings (SSSR count). The van der Waals surface area contributed by atoms with Gasteiger partial charge in [0.05, 0.1) is 5.69 Å². The SMILES string of the molecule is CCc1cccc(CC)c1NC(=S)NC1CC1c1ccc(C(N)=NC=Nc2ccc(OC(F)(F)F)cc2)cc1. The summed E-state index contributed by atoms with van der Waals surface area (Å²) in [7, 11) is 0. The molecule has 2 unspecified atom stereocenters. The second-order valence-corrected chi connectivity index (χ2v) is 9.54. The summed E-state index contributed by atoms with van der Waals surface area (Å²) in [6.07, 6.45) is -0.620. The number of benzene rings is 3. The fraction of sp³-hybridized carbons (Fsp3) is 0.276. The maximum Gasteiger partial charge on any atom is 0.573 e. The lowest BCUT2D eigenvalue weighted by Crippen LogP contribution is -2.31. The standard InChI is InChI=1S/C29H30F3N5OS/c1-3-18-6-5-7-19(4-2)26(18)37-28(39)36-25-16-24(25)20-8-10-21(11-9-20)27(33)35-17-34-22-12-14-23(15-13-22)38-29(30,31)32/h5-15,17,24-25H,3-4,16H2,1-2H3,(H2,33,34,35)(H2,36,37,39). The molecular weight excluding hydrogens is 523 g/mol. The Morgan fingerprint density at radius 3 is 2.26 bits per heavy atom. The van der Waals surface area contributed by atoms with Crippen molar-refractivity contribution in [1.29, 1.82) is 0 Å². The highest BCUT2D eigenvalue weighted by Gasteiger charge is 2.39. The molecule has 3 aromatic rings. The van der Waals surface area contributed by atoms with Crippen molar-refractivity contribution in [3.05, 3.63) is 89.0 Å². The maximum absolute atomic E-state index is 12.3. The maximum atomic E-state index is 12.3. The van der Waals surface area contributed by atoms with E-state index in [1.807, 2.05) is 24.3 Å². The number of hydrogen-bond donors (Lipinski definition) is 3. The van der Waals surface area contributed by atoms with Gasteiger partial charge < -0.3 is 21.1 Å². The number of hydrogen-bond acceptors (Lipinski definition) is 3. The van der Waals surface area contributed by atoms with Crippen LogP contribution in [-0.2, 0) is 12.8 Å². The highest BCUT2D eigenvalue weighted by Crippen LogP contribution is 2.41. The van der Waals surface area contributed by atoms with Crippen molar-refractivity contribution in [2.24, 2.45) is 15.7 Å². The van der Waals surface area contributed by atoms with Gasteiger partial charge in [0.25, 0.3) is 0 Å². The van der Waals surface area contributed by atoms with Crippen LogP contribution in [0.5, 0.6) is 5.75 Å². The fourth-order valence-corrected chi connectivity index (χ4v) is 4.56. The van der Waals surface area contributed by atoms with E-state index in [9.17, 15) is 13.2 Å². The molecule has 0 amide bonds. The topological polar surface area (TPSA) is 84.0 Å². The molecule has 0 saturated heterocycles. The van der Waals surface area contributed by atoms with Crippen molar-refractivity contribution in [2.75, 3.05) is 5.32 Å². The van der Waals surface area contributed by atoms with Crippen molar-refractivity contribution >= 4 is 40.9 Å². The van der Waals surface area contributed by atoms with Crippen molar-refractivity contribution in [3.63, 3.8) is 0 Å². The zero-order valence-electron chi connectivity index (χ0n) is 21.6. The molecule has 6 nitrogen and oxygen atoms in total. The molecule has 0 radical (unpaired) electrons. The van der Waals surface area contributed by atoms with Gasteiger partial charge in [-0.3, -0.25) is 0 Å². The van der Waals surface area contributed by atoms with Crippen LogP contribution in [0.4, 0.5) is 24.5 Å². The first kappa shape index (κ1) is 28.1. The number of nitrogens with one attached hydrogen (secondary N) is 2. The number of thiocarbonyl (C=S) groups is 1. The van der Waals surface area contributed by atoms with Crippen molar-refractivity contribution in [2.45, 2.75) is 51.4 Å². The van der Waals surface area contributed by atoms with Gasteiger partial charge in [-0.1, -0.05) is 56.3 Å². The Labute approximate surface area is 231 Å². The third-order valence-electron chi connectivity index (χ3n) is 6.45. The number of nitrogens with two attached hydrogens (primary N) is 1. The van der Waals surface area contributed by atoms with Crippen molar-refractivity contribution in [1.82, 2.24) is 5.32 Å². The Kier molecular flexibility index (Phi) is 8.86. The molecule has 1 fully saturated rings. The van der Waals surface area contributed by atoms with Gasteiger partial charge in [-0.2, -0.15) is 0 Å². The molecule has 1 saturated carbocycles. The van der Waals surface area contributed by atoms with Gasteiger partial charge in [-0.15, -0.1) is 13.2 Å². The molecule has 39 heavy (non-hydrogen) atoms. The molecule has 0 aliphatic heterocycles. The number of anilines is 1. The Hall–Kier alpha value is -3.92. The molecule has 0 aromatic heterocycles. The van der Waals surface area contributed by atoms with Crippen LogP contribution in [0.2, 0.25) is 0 Å². The minimum Gasteiger partial charge on any atom is -0.406 e. The third-order valence-corrected chi connectivity index (χ3v) is 6.67. The number of aliphatic imine (C=N–C) groups is 2. The molecule has 0 spiro atoms. The van der Waals surface area contributed by atoms with E-state index >= 15 is 0 Å². The van der Waals surface area contributed by atoms with Crippen LogP contribution in [-0.4, -0.2) is 29.7 Å². The summed E-state index contributed by atoms with van der Waals surface area (Å²) in [5, 5.41) is 7.49. The molecule has 2 atom stereocenters. The van der Waals surface area contributed by atoms with E-state index in [1.165, 1.54) is 47.3 Å². The van der Waals surface area contributed by atoms with Crippen LogP contribution < -0.4 is 21.1 Å². The third kappa shape index (κ3) is 7.79. The number of alkyl halides is 3. The second kappa shape index (κ2) is 12.3. The normalized spacial score (nSPS) is 17.2. The van der Waals surface area contributed by atoms with Gasteiger partial charge in [-0.05, 0) is 72.4 Å². The summed E-state index contributed by atoms with van der Waals surface area (Å²) in [5.74, 6) is 0.317. The molecule has 0 bridgehead atoms. The molecular formula is C29H30F3N5OS. The minimum atomic E-state index is -4.74. The molecule has 4 N–H and O–H groups in total. The van der Waals surface area contributed by atoms with Crippen LogP contribution >= 0.6 is 12.2 Å². The number of ether oxygens (including phenoxy) is 1. The number of para-hydroxylation sites is 1. The Morgan fingerprint density at radius 1 is 1.03 bits per heavy atom. The highest BCUT2D eigenvalue weighted by atomic mass is 32.1. The number of amidine groups is 1. The monoisotopic (exact) mass is 553 g/mol. The lowest BCUT2D eigenvalue weighted by Gasteiger charge is -2.17. The average molecular weight is 554 g/mol. The van der Waals surface area contributed by atoms with Crippen LogP contribution in [0.25, 0.3) is 0 Å². The van der Waals surface area contributed by atoms with Gasteiger partial charge >= 0.3 is 6.36 Å². The van der Waals surface area contributed by atoms with Gasteiger partial charge in [0.1, 0.15) is 17.9 Å². The van der Waals surface area contributed by atoms with Gasteiger partial charge in [0, 0.05) is 23.2 Å². The summed E-state index contributed by atoms with van der Waals surface area (Å²) in [4.78, 5) is 8.24. The van der Waals surface area contributed by atoms with Crippen LogP contribution in [0, 0.1) is 0 Å². The lowest BCUT2D eigenvalue weighted by atomic mass is 10.0. The molecule has 1 aliphatic rings. The van der Waals surface area contributed by atoms with E-state index in [-0.39, 0.29) is 17.6 Å². The number of nitrogens with zero attached hydrogens (tertiary/aromatic N) is 2. The minimum absolute atomic E-state index is 0.265. The van der Waals surface area contributed by atoms with E-state index in [1.54, 1.807) is 0 Å². The Balaban J connectivity index is 1.30. The van der Waals surface area contributed by atoms with Crippen LogP contribution in [0.3, 0.4) is 0 Å². The molecule has 10 heteroatoms. The van der Waals surface area contributed by atoms with E-state index < -0.39 is 6.36 Å². The summed E-state index contributed by atoms with van der Waals surface area (Å²) < 4.78 is 40.6. The molecule has 3 aromatic carbocycles. The van der Waals surface area contributed by atoms with Crippen LogP contribution in [0.15, 0.2) is 76.7 Å². The van der Waals surface area contributed by atoms with E-state index in [0.29, 0.717) is 16.7 Å². The molecule has 204 valence electrons. The summed E-state index contributed by atoms with van der Waals surface area (Å²) >= 11 is 5.61. The summed E-state index contributed by atoms with van der Waals surface area (Å²) in [6, 6.07) is 19.6. The van der Waals surface area contributed by atoms with E-state index in [0.717, 1.165) is 30.5 Å². The first-order chi connectivity index (χ1) is 18.7. The highest BCUT2D eigenvalue weighted by molar-refractivity contribution is 7.80. The van der Waals surface area contributed by atoms with E-state index in [4.69, 9.17) is 18.0 Å². The fourth-order valence-electron chi connectivity index (χ4n) is 4.31. The van der Waals surface area contributed by atoms with Gasteiger partial charge in [0.15, 0.2) is 5.11 Å². The lowest BCUT2D eigenvalue weighted by molar-refractivity contribution is -0.274. The number of aryl methyl sites for hydroxylation is 2. The van der Waals surface area contributed by atoms with E-state index in [2.05, 4.69) is 57.4 Å². The Bertz CT molecular complexity index is 1330. The van der Waals surface area contributed by atoms with Crippen molar-refractivity contribution in [3.8, 4) is 5.75 Å². The number of rotatable bonds is 9. The number of halogens is 3. The summed E-state index contributed by atoms with van der Waals surface area (Å²) in [5.41, 5.74) is 12.0. The zero-order chi connectivity index (χ0) is 28.0. The second-order valence-electron chi connectivity index (χ2n) is 9.13. The smallest absolute Gasteiger partial charge is 0.406 e. The predicted molar refractivity (Wildman–Crippen MR) is 154 cm³/mol. The molecule has 1 aliphatic carbocycles. The van der Waals surface area contributed by atoms with Gasteiger partial charge in [-0.25, -0.2) is 9.98 Å². The predicted octanol–water partition coefficient (Wildman–Crippen LogP) is 6.62. The first-order valence-corrected chi connectivity index (χ1v) is 13.1. The largest absolute Gasteiger partial charge is 0.573 e. The molecule has 0 heterocycles. The Morgan fingerprint density at radius 2 is 1.67 bits per heavy atom. The average Bonchev–Trinajstić information content (AvgIpc) is 3.67. The first-order valence-electron chi connectivity index (χ1n) is 12.7. The zero-order valence-corrected chi connectivity index (χ0v) is 22.4.